The lowest BCUT2D eigenvalue weighted by Crippen LogP contribution is -2.34. The SMILES string of the molecule is C[Si](C)(C)c1ccc(-c2cccs2)s1. The summed E-state index contributed by atoms with van der Waals surface area (Å²) in [6.45, 7) is 7.20. The van der Waals surface area contributed by atoms with Crippen molar-refractivity contribution in [3.05, 3.63) is 29.6 Å². The van der Waals surface area contributed by atoms with Crippen molar-refractivity contribution < 1.29 is 0 Å². The molecule has 2 heterocycles. The second-order valence-electron chi connectivity index (χ2n) is 4.39. The molecule has 2 rings (SSSR count). The molecule has 2 aromatic heterocycles. The van der Waals surface area contributed by atoms with Crippen LogP contribution >= 0.6 is 22.7 Å². The van der Waals surface area contributed by atoms with Crippen LogP contribution in [0.4, 0.5) is 0 Å². The quantitative estimate of drug-likeness (QED) is 0.693. The second kappa shape index (κ2) is 3.64. The van der Waals surface area contributed by atoms with Gasteiger partial charge in [-0.05, 0) is 22.0 Å². The standard InChI is InChI=1S/C11H14S2Si/c1-14(2,3)11-7-6-10(13-11)9-5-4-8-12-9/h4-8H,1-3H3. The van der Waals surface area contributed by atoms with E-state index in [0.717, 1.165) is 0 Å². The highest BCUT2D eigenvalue weighted by Crippen LogP contribution is 2.28. The largest absolute Gasteiger partial charge is 0.144 e. The molecule has 2 aromatic rings. The van der Waals surface area contributed by atoms with E-state index in [1.807, 2.05) is 22.7 Å². The van der Waals surface area contributed by atoms with Crippen molar-refractivity contribution in [3.8, 4) is 9.75 Å². The van der Waals surface area contributed by atoms with Crippen molar-refractivity contribution in [3.63, 3.8) is 0 Å². The van der Waals surface area contributed by atoms with Gasteiger partial charge in [0, 0.05) is 9.75 Å². The van der Waals surface area contributed by atoms with Gasteiger partial charge < -0.3 is 0 Å². The lowest BCUT2D eigenvalue weighted by atomic mass is 10.4. The predicted octanol–water partition coefficient (Wildman–Crippen LogP) is 4.02. The first-order chi connectivity index (χ1) is 6.57. The molecule has 0 aromatic carbocycles. The van der Waals surface area contributed by atoms with E-state index in [2.05, 4.69) is 49.3 Å². The van der Waals surface area contributed by atoms with Crippen LogP contribution in [0.15, 0.2) is 29.6 Å². The van der Waals surface area contributed by atoms with Crippen molar-refractivity contribution in [2.24, 2.45) is 0 Å². The Kier molecular flexibility index (Phi) is 2.64. The van der Waals surface area contributed by atoms with Crippen molar-refractivity contribution in [2.45, 2.75) is 19.6 Å². The summed E-state index contributed by atoms with van der Waals surface area (Å²) >= 11 is 3.80. The second-order valence-corrected chi connectivity index (χ2v) is 11.8. The first-order valence-corrected chi connectivity index (χ1v) is 9.91. The summed E-state index contributed by atoms with van der Waals surface area (Å²) < 4.78 is 1.60. The van der Waals surface area contributed by atoms with Crippen LogP contribution < -0.4 is 4.50 Å². The Morgan fingerprint density at radius 3 is 2.29 bits per heavy atom. The van der Waals surface area contributed by atoms with Gasteiger partial charge in [-0.3, -0.25) is 0 Å². The minimum Gasteiger partial charge on any atom is -0.144 e. The maximum Gasteiger partial charge on any atom is 0.0904 e. The summed E-state index contributed by atoms with van der Waals surface area (Å²) in [6.07, 6.45) is 0. The molecule has 0 N–H and O–H groups in total. The van der Waals surface area contributed by atoms with Gasteiger partial charge in [0.2, 0.25) is 0 Å². The van der Waals surface area contributed by atoms with E-state index >= 15 is 0 Å². The fourth-order valence-electron chi connectivity index (χ4n) is 1.29. The number of hydrogen-bond donors (Lipinski definition) is 0. The highest BCUT2D eigenvalue weighted by molar-refractivity contribution is 7.30. The molecule has 3 heteroatoms. The summed E-state index contributed by atoms with van der Waals surface area (Å²) in [6, 6.07) is 8.90. The lowest BCUT2D eigenvalue weighted by Gasteiger charge is -2.12. The third-order valence-electron chi connectivity index (χ3n) is 2.11. The van der Waals surface area contributed by atoms with Crippen LogP contribution in [-0.4, -0.2) is 8.07 Å². The molecule has 0 saturated carbocycles. The third kappa shape index (κ3) is 2.00. The Labute approximate surface area is 94.2 Å². The first kappa shape index (κ1) is 10.1. The van der Waals surface area contributed by atoms with E-state index in [9.17, 15) is 0 Å². The van der Waals surface area contributed by atoms with Gasteiger partial charge in [0.15, 0.2) is 0 Å². The first-order valence-electron chi connectivity index (χ1n) is 4.71. The average Bonchev–Trinajstić information content (AvgIpc) is 2.73. The third-order valence-corrected chi connectivity index (χ3v) is 7.86. The molecule has 0 spiro atoms. The summed E-state index contributed by atoms with van der Waals surface area (Å²) in [5.74, 6) is 0. The van der Waals surface area contributed by atoms with Gasteiger partial charge in [-0.2, -0.15) is 0 Å². The van der Waals surface area contributed by atoms with E-state index in [-0.39, 0.29) is 0 Å². The van der Waals surface area contributed by atoms with E-state index in [1.165, 1.54) is 9.75 Å². The van der Waals surface area contributed by atoms with E-state index in [4.69, 9.17) is 0 Å². The molecule has 0 fully saturated rings. The summed E-state index contributed by atoms with van der Waals surface area (Å²) in [7, 11) is -1.10. The number of hydrogen-bond acceptors (Lipinski definition) is 2. The molecule has 0 saturated heterocycles. The van der Waals surface area contributed by atoms with Gasteiger partial charge in [0.1, 0.15) is 0 Å². The minimum absolute atomic E-state index is 1.10. The Morgan fingerprint density at radius 2 is 1.79 bits per heavy atom. The van der Waals surface area contributed by atoms with Crippen LogP contribution in [-0.2, 0) is 0 Å². The molecule has 0 aliphatic carbocycles. The van der Waals surface area contributed by atoms with Gasteiger partial charge in [-0.25, -0.2) is 0 Å². The highest BCUT2D eigenvalue weighted by atomic mass is 32.1. The van der Waals surface area contributed by atoms with Gasteiger partial charge in [-0.15, -0.1) is 22.7 Å². The van der Waals surface area contributed by atoms with Gasteiger partial charge >= 0.3 is 0 Å². The fraction of sp³-hybridized carbons (Fsp3) is 0.273. The Bertz CT molecular complexity index is 407. The Morgan fingerprint density at radius 1 is 1.00 bits per heavy atom. The molecular formula is C11H14S2Si. The number of rotatable bonds is 2. The topological polar surface area (TPSA) is 0 Å². The lowest BCUT2D eigenvalue weighted by molar-refractivity contribution is 1.79. The molecular weight excluding hydrogens is 224 g/mol. The van der Waals surface area contributed by atoms with Crippen molar-refractivity contribution in [1.29, 1.82) is 0 Å². The van der Waals surface area contributed by atoms with E-state index in [1.54, 1.807) is 4.50 Å². The van der Waals surface area contributed by atoms with Crippen molar-refractivity contribution in [1.82, 2.24) is 0 Å². The molecule has 0 aliphatic rings. The fourth-order valence-corrected chi connectivity index (χ4v) is 5.02. The molecule has 74 valence electrons. The molecule has 0 aliphatic heterocycles. The van der Waals surface area contributed by atoms with Crippen LogP contribution in [0.25, 0.3) is 9.75 Å². The molecule has 0 bridgehead atoms. The predicted molar refractivity (Wildman–Crippen MR) is 70.6 cm³/mol. The van der Waals surface area contributed by atoms with Gasteiger partial charge in [-0.1, -0.05) is 31.8 Å². The Balaban J connectivity index is 2.36. The zero-order chi connectivity index (χ0) is 10.2. The van der Waals surface area contributed by atoms with Gasteiger partial charge in [0.05, 0.1) is 8.07 Å². The number of thiophene rings is 2. The smallest absolute Gasteiger partial charge is 0.0904 e. The molecule has 0 nitrogen and oxygen atoms in total. The summed E-state index contributed by atoms with van der Waals surface area (Å²) in [5, 5.41) is 2.14. The highest BCUT2D eigenvalue weighted by Gasteiger charge is 2.18. The zero-order valence-corrected chi connectivity index (χ0v) is 11.3. The van der Waals surface area contributed by atoms with Gasteiger partial charge in [0.25, 0.3) is 0 Å². The monoisotopic (exact) mass is 238 g/mol. The minimum atomic E-state index is -1.10. The van der Waals surface area contributed by atoms with Crippen LogP contribution in [0.1, 0.15) is 0 Å². The summed E-state index contributed by atoms with van der Waals surface area (Å²) in [4.78, 5) is 2.83. The maximum atomic E-state index is 2.40. The van der Waals surface area contributed by atoms with E-state index < -0.39 is 8.07 Å². The van der Waals surface area contributed by atoms with Crippen LogP contribution in [0.3, 0.4) is 0 Å². The molecule has 14 heavy (non-hydrogen) atoms. The van der Waals surface area contributed by atoms with Crippen molar-refractivity contribution in [2.75, 3.05) is 0 Å². The van der Waals surface area contributed by atoms with Crippen LogP contribution in [0, 0.1) is 0 Å². The van der Waals surface area contributed by atoms with E-state index in [0.29, 0.717) is 0 Å². The summed E-state index contributed by atoms with van der Waals surface area (Å²) in [5.41, 5.74) is 0. The molecule has 0 amide bonds. The average molecular weight is 238 g/mol. The Hall–Kier alpha value is -0.383. The normalized spacial score (nSPS) is 11.9. The molecule has 0 radical (unpaired) electrons. The molecule has 0 atom stereocenters. The maximum absolute atomic E-state index is 2.40. The van der Waals surface area contributed by atoms with Crippen LogP contribution in [0.5, 0.6) is 0 Å². The van der Waals surface area contributed by atoms with Crippen molar-refractivity contribution >= 4 is 35.2 Å². The zero-order valence-electron chi connectivity index (χ0n) is 8.70. The van der Waals surface area contributed by atoms with Crippen LogP contribution in [0.2, 0.25) is 19.6 Å². The molecule has 0 unspecified atom stereocenters.